The molecule has 1 aromatic rings. The van der Waals surface area contributed by atoms with E-state index in [2.05, 4.69) is 34.5 Å². The number of rotatable bonds is 5. The Hall–Kier alpha value is -1.68. The molecule has 3 fully saturated rings. The van der Waals surface area contributed by atoms with Gasteiger partial charge in [-0.25, -0.2) is 8.78 Å². The summed E-state index contributed by atoms with van der Waals surface area (Å²) in [6, 6.07) is 10.5. The summed E-state index contributed by atoms with van der Waals surface area (Å²) in [6.45, 7) is 2.78. The van der Waals surface area contributed by atoms with E-state index in [0.717, 1.165) is 31.6 Å². The van der Waals surface area contributed by atoms with Gasteiger partial charge in [-0.2, -0.15) is 0 Å². The normalized spacial score (nSPS) is 32.6. The van der Waals surface area contributed by atoms with Crippen LogP contribution in [0.3, 0.4) is 0 Å². The summed E-state index contributed by atoms with van der Waals surface area (Å²) < 4.78 is 27.1. The van der Waals surface area contributed by atoms with Crippen molar-refractivity contribution in [3.05, 3.63) is 59.6 Å². The van der Waals surface area contributed by atoms with Crippen molar-refractivity contribution in [2.45, 2.75) is 43.9 Å². The molecule has 2 saturated heterocycles. The van der Waals surface area contributed by atoms with Crippen molar-refractivity contribution in [2.75, 3.05) is 13.1 Å². The van der Waals surface area contributed by atoms with Crippen LogP contribution in [0.1, 0.15) is 31.2 Å². The first kappa shape index (κ1) is 15.8. The fourth-order valence-electron chi connectivity index (χ4n) is 4.42. The third-order valence-corrected chi connectivity index (χ3v) is 5.77. The van der Waals surface area contributed by atoms with Crippen LogP contribution in [0.15, 0.2) is 54.0 Å². The van der Waals surface area contributed by atoms with E-state index in [1.54, 1.807) is 6.08 Å². The number of fused-ring (bicyclic) bond motifs is 2. The SMILES string of the molecule is FC1=CC(F)CC=C1NCC12CC(CCN1Cc1ccccc1)C2. The van der Waals surface area contributed by atoms with Crippen molar-refractivity contribution in [2.24, 2.45) is 5.92 Å². The first-order valence-corrected chi connectivity index (χ1v) is 8.89. The first-order valence-electron chi connectivity index (χ1n) is 8.89. The molecule has 4 aliphatic rings. The highest BCUT2D eigenvalue weighted by Crippen LogP contribution is 2.49. The summed E-state index contributed by atoms with van der Waals surface area (Å²) in [4.78, 5) is 2.55. The predicted molar refractivity (Wildman–Crippen MR) is 91.7 cm³/mol. The maximum atomic E-state index is 13.9. The highest BCUT2D eigenvalue weighted by Gasteiger charge is 2.51. The van der Waals surface area contributed by atoms with Gasteiger partial charge in [0.15, 0.2) is 0 Å². The molecule has 1 atom stereocenters. The maximum Gasteiger partial charge on any atom is 0.144 e. The molecule has 2 aliphatic carbocycles. The molecule has 2 nitrogen and oxygen atoms in total. The van der Waals surface area contributed by atoms with Crippen molar-refractivity contribution in [3.63, 3.8) is 0 Å². The zero-order valence-electron chi connectivity index (χ0n) is 13.8. The number of nitrogens with one attached hydrogen (secondary N) is 1. The van der Waals surface area contributed by atoms with Gasteiger partial charge in [-0.15, -0.1) is 0 Å². The summed E-state index contributed by atoms with van der Waals surface area (Å²) in [5.41, 5.74) is 1.91. The van der Waals surface area contributed by atoms with Crippen LogP contribution < -0.4 is 5.32 Å². The molecule has 1 unspecified atom stereocenters. The number of hydrogen-bond donors (Lipinski definition) is 1. The van der Waals surface area contributed by atoms with Gasteiger partial charge in [-0.3, -0.25) is 4.90 Å². The lowest BCUT2D eigenvalue weighted by molar-refractivity contribution is -0.0797. The highest BCUT2D eigenvalue weighted by atomic mass is 19.1. The molecule has 0 spiro atoms. The molecule has 2 bridgehead atoms. The van der Waals surface area contributed by atoms with Gasteiger partial charge in [-0.05, 0) is 43.4 Å². The fourth-order valence-corrected chi connectivity index (χ4v) is 4.42. The molecule has 2 heterocycles. The molecule has 128 valence electrons. The molecule has 5 rings (SSSR count). The van der Waals surface area contributed by atoms with E-state index >= 15 is 0 Å². The van der Waals surface area contributed by atoms with Gasteiger partial charge in [-0.1, -0.05) is 36.4 Å². The molecule has 0 radical (unpaired) electrons. The Morgan fingerprint density at radius 1 is 1.21 bits per heavy atom. The maximum absolute atomic E-state index is 13.9. The van der Waals surface area contributed by atoms with Crippen LogP contribution in [-0.4, -0.2) is 29.7 Å². The third kappa shape index (κ3) is 3.00. The molecule has 1 N–H and O–H groups in total. The van der Waals surface area contributed by atoms with Crippen molar-refractivity contribution >= 4 is 0 Å². The van der Waals surface area contributed by atoms with E-state index in [4.69, 9.17) is 0 Å². The summed E-state index contributed by atoms with van der Waals surface area (Å²) in [7, 11) is 0. The Labute approximate surface area is 142 Å². The lowest BCUT2D eigenvalue weighted by atomic mass is 9.62. The predicted octanol–water partition coefficient (Wildman–Crippen LogP) is 4.11. The monoisotopic (exact) mass is 330 g/mol. The summed E-state index contributed by atoms with van der Waals surface area (Å²) in [5.74, 6) is 0.362. The molecular weight excluding hydrogens is 306 g/mol. The molecule has 24 heavy (non-hydrogen) atoms. The fraction of sp³-hybridized carbons (Fsp3) is 0.500. The minimum atomic E-state index is -1.19. The van der Waals surface area contributed by atoms with Crippen LogP contribution in [0.25, 0.3) is 0 Å². The Morgan fingerprint density at radius 3 is 2.75 bits per heavy atom. The van der Waals surface area contributed by atoms with Crippen LogP contribution in [0.2, 0.25) is 0 Å². The number of piperidine rings is 2. The average molecular weight is 330 g/mol. The third-order valence-electron chi connectivity index (χ3n) is 5.77. The zero-order chi connectivity index (χ0) is 16.6. The van der Waals surface area contributed by atoms with E-state index < -0.39 is 12.0 Å². The minimum absolute atomic E-state index is 0.118. The Balaban J connectivity index is 1.43. The molecule has 1 saturated carbocycles. The van der Waals surface area contributed by atoms with Crippen LogP contribution in [0, 0.1) is 5.92 Å². The molecule has 4 heteroatoms. The Morgan fingerprint density at radius 2 is 2.00 bits per heavy atom. The molecule has 1 aromatic carbocycles. The van der Waals surface area contributed by atoms with Gasteiger partial charge in [0.25, 0.3) is 0 Å². The molecule has 0 amide bonds. The summed E-state index contributed by atoms with van der Waals surface area (Å²) >= 11 is 0. The summed E-state index contributed by atoms with van der Waals surface area (Å²) in [6.07, 6.45) is 5.41. The van der Waals surface area contributed by atoms with E-state index in [1.165, 1.54) is 24.8 Å². The standard InChI is InChI=1S/C20H24F2N2/c21-17-6-7-19(18(22)10-17)23-14-20-11-16(12-20)8-9-24(20)13-15-4-2-1-3-5-15/h1-5,7,10,16-17,23H,6,8-9,11-14H2. The Bertz CT molecular complexity index is 647. The van der Waals surface area contributed by atoms with Gasteiger partial charge in [0.05, 0.1) is 5.70 Å². The van der Waals surface area contributed by atoms with Crippen LogP contribution in [0.4, 0.5) is 8.78 Å². The molecule has 2 aliphatic heterocycles. The van der Waals surface area contributed by atoms with Gasteiger partial charge >= 0.3 is 0 Å². The van der Waals surface area contributed by atoms with Gasteiger partial charge in [0, 0.05) is 25.0 Å². The van der Waals surface area contributed by atoms with Crippen LogP contribution >= 0.6 is 0 Å². The van der Waals surface area contributed by atoms with Gasteiger partial charge in [0.2, 0.25) is 0 Å². The average Bonchev–Trinajstić information content (AvgIpc) is 2.55. The zero-order valence-corrected chi connectivity index (χ0v) is 13.8. The largest absolute Gasteiger partial charge is 0.381 e. The summed E-state index contributed by atoms with van der Waals surface area (Å²) in [5, 5.41) is 3.27. The van der Waals surface area contributed by atoms with E-state index in [-0.39, 0.29) is 12.0 Å². The van der Waals surface area contributed by atoms with Crippen molar-refractivity contribution in [1.82, 2.24) is 10.2 Å². The lowest BCUT2D eigenvalue weighted by Gasteiger charge is -2.59. The van der Waals surface area contributed by atoms with E-state index in [1.807, 2.05) is 6.07 Å². The topological polar surface area (TPSA) is 15.3 Å². The number of hydrogen-bond acceptors (Lipinski definition) is 2. The van der Waals surface area contributed by atoms with Gasteiger partial charge in [0.1, 0.15) is 12.0 Å². The second kappa shape index (κ2) is 6.32. The quantitative estimate of drug-likeness (QED) is 0.874. The van der Waals surface area contributed by atoms with Crippen LogP contribution in [-0.2, 0) is 6.54 Å². The Kier molecular flexibility index (Phi) is 4.17. The minimum Gasteiger partial charge on any atom is -0.381 e. The highest BCUT2D eigenvalue weighted by molar-refractivity contribution is 5.29. The first-order chi connectivity index (χ1) is 11.6. The number of nitrogens with zero attached hydrogens (tertiary/aromatic N) is 1. The molecular formula is C20H24F2N2. The number of allylic oxidation sites excluding steroid dienone is 3. The number of benzene rings is 1. The number of halogens is 2. The number of alkyl halides is 1. The van der Waals surface area contributed by atoms with E-state index in [9.17, 15) is 8.78 Å². The van der Waals surface area contributed by atoms with Crippen molar-refractivity contribution in [1.29, 1.82) is 0 Å². The second-order valence-corrected chi connectivity index (χ2v) is 7.43. The van der Waals surface area contributed by atoms with Crippen molar-refractivity contribution < 1.29 is 8.78 Å². The molecule has 0 aromatic heterocycles. The van der Waals surface area contributed by atoms with Crippen LogP contribution in [0.5, 0.6) is 0 Å². The lowest BCUT2D eigenvalue weighted by Crippen LogP contribution is -2.66. The van der Waals surface area contributed by atoms with E-state index in [0.29, 0.717) is 5.70 Å². The second-order valence-electron chi connectivity index (χ2n) is 7.43. The van der Waals surface area contributed by atoms with Gasteiger partial charge < -0.3 is 5.32 Å². The van der Waals surface area contributed by atoms with Crippen molar-refractivity contribution in [3.8, 4) is 0 Å². The smallest absolute Gasteiger partial charge is 0.144 e.